The molecular weight excluding hydrogens is 344 g/mol. The number of methoxy groups -OCH3 is 2. The summed E-state index contributed by atoms with van der Waals surface area (Å²) in [6.07, 6.45) is 5.30. The van der Waals surface area contributed by atoms with Crippen LogP contribution in [0.2, 0.25) is 0 Å². The van der Waals surface area contributed by atoms with Gasteiger partial charge in [-0.05, 0) is 42.7 Å². The number of hydrogen-bond acceptors (Lipinski definition) is 5. The SMILES string of the molecule is COc1ccc(C(=O)[C@H]2CCCN(C(=O)Cc3cccnc3)C2)cc1OC. The molecule has 1 aromatic heterocycles. The third-order valence-electron chi connectivity index (χ3n) is 4.89. The van der Waals surface area contributed by atoms with Crippen LogP contribution in [-0.4, -0.2) is 48.9 Å². The number of ketones is 1. The van der Waals surface area contributed by atoms with Gasteiger partial charge in [0.1, 0.15) is 0 Å². The molecule has 2 heterocycles. The van der Waals surface area contributed by atoms with E-state index in [-0.39, 0.29) is 17.6 Å². The van der Waals surface area contributed by atoms with E-state index >= 15 is 0 Å². The van der Waals surface area contributed by atoms with Crippen LogP contribution in [-0.2, 0) is 11.2 Å². The Balaban J connectivity index is 1.68. The Hall–Kier alpha value is -2.89. The van der Waals surface area contributed by atoms with Gasteiger partial charge in [-0.1, -0.05) is 6.07 Å². The van der Waals surface area contributed by atoms with Crippen molar-refractivity contribution < 1.29 is 19.1 Å². The van der Waals surface area contributed by atoms with Crippen LogP contribution in [0.5, 0.6) is 11.5 Å². The number of amides is 1. The number of Topliss-reactive ketones (excluding diaryl/α,β-unsaturated/α-hetero) is 1. The number of pyridine rings is 1. The number of aromatic nitrogens is 1. The van der Waals surface area contributed by atoms with E-state index in [0.29, 0.717) is 36.6 Å². The molecule has 27 heavy (non-hydrogen) atoms. The van der Waals surface area contributed by atoms with E-state index in [4.69, 9.17) is 9.47 Å². The Morgan fingerprint density at radius 3 is 2.70 bits per heavy atom. The van der Waals surface area contributed by atoms with Crippen molar-refractivity contribution in [2.45, 2.75) is 19.3 Å². The van der Waals surface area contributed by atoms with E-state index < -0.39 is 0 Å². The minimum absolute atomic E-state index is 0.0350. The molecule has 1 saturated heterocycles. The molecule has 3 rings (SSSR count). The van der Waals surface area contributed by atoms with Crippen molar-refractivity contribution in [1.82, 2.24) is 9.88 Å². The zero-order valence-electron chi connectivity index (χ0n) is 15.7. The molecule has 1 aliphatic heterocycles. The number of carbonyl (C=O) groups excluding carboxylic acids is 2. The molecule has 142 valence electrons. The Morgan fingerprint density at radius 2 is 2.00 bits per heavy atom. The number of likely N-dealkylation sites (tertiary alicyclic amines) is 1. The largest absolute Gasteiger partial charge is 0.493 e. The molecule has 2 aromatic rings. The second-order valence-corrected chi connectivity index (χ2v) is 6.65. The molecular formula is C21H24N2O4. The summed E-state index contributed by atoms with van der Waals surface area (Å²) in [7, 11) is 3.11. The maximum absolute atomic E-state index is 12.9. The van der Waals surface area contributed by atoms with Gasteiger partial charge in [0, 0.05) is 37.0 Å². The summed E-state index contributed by atoms with van der Waals surface area (Å²) >= 11 is 0. The van der Waals surface area contributed by atoms with Crippen LogP contribution in [0.3, 0.4) is 0 Å². The molecule has 0 unspecified atom stereocenters. The van der Waals surface area contributed by atoms with Crippen molar-refractivity contribution >= 4 is 11.7 Å². The fraction of sp³-hybridized carbons (Fsp3) is 0.381. The first kappa shape index (κ1) is 18.9. The van der Waals surface area contributed by atoms with Crippen LogP contribution in [0.1, 0.15) is 28.8 Å². The van der Waals surface area contributed by atoms with Gasteiger partial charge in [0.15, 0.2) is 17.3 Å². The summed E-state index contributed by atoms with van der Waals surface area (Å²) in [5, 5.41) is 0. The number of nitrogens with zero attached hydrogens (tertiary/aromatic N) is 2. The van der Waals surface area contributed by atoms with Crippen molar-refractivity contribution in [3.63, 3.8) is 0 Å². The normalized spacial score (nSPS) is 16.7. The number of rotatable bonds is 6. The van der Waals surface area contributed by atoms with E-state index in [1.165, 1.54) is 0 Å². The van der Waals surface area contributed by atoms with Crippen LogP contribution < -0.4 is 9.47 Å². The lowest BCUT2D eigenvalue weighted by Crippen LogP contribution is -2.43. The molecule has 1 atom stereocenters. The average molecular weight is 368 g/mol. The summed E-state index contributed by atoms with van der Waals surface area (Å²) in [6.45, 7) is 1.14. The second-order valence-electron chi connectivity index (χ2n) is 6.65. The van der Waals surface area contributed by atoms with Crippen LogP contribution >= 0.6 is 0 Å². The Kier molecular flexibility index (Phi) is 6.06. The summed E-state index contributed by atoms with van der Waals surface area (Å²) in [6, 6.07) is 8.90. The second kappa shape index (κ2) is 8.66. The molecule has 1 fully saturated rings. The predicted molar refractivity (Wildman–Crippen MR) is 101 cm³/mol. The van der Waals surface area contributed by atoms with Gasteiger partial charge in [-0.3, -0.25) is 14.6 Å². The van der Waals surface area contributed by atoms with E-state index in [0.717, 1.165) is 18.4 Å². The molecule has 6 heteroatoms. The van der Waals surface area contributed by atoms with Crippen molar-refractivity contribution in [1.29, 1.82) is 0 Å². The molecule has 1 aliphatic rings. The molecule has 0 N–H and O–H groups in total. The fourth-order valence-electron chi connectivity index (χ4n) is 3.43. The molecule has 0 bridgehead atoms. The highest BCUT2D eigenvalue weighted by Gasteiger charge is 2.29. The fourth-order valence-corrected chi connectivity index (χ4v) is 3.43. The summed E-state index contributed by atoms with van der Waals surface area (Å²) in [4.78, 5) is 31.4. The predicted octanol–water partition coefficient (Wildman–Crippen LogP) is 2.76. The Labute approximate surface area is 159 Å². The number of ether oxygens (including phenoxy) is 2. The topological polar surface area (TPSA) is 68.7 Å². The zero-order valence-corrected chi connectivity index (χ0v) is 15.7. The van der Waals surface area contributed by atoms with Gasteiger partial charge in [0.2, 0.25) is 5.91 Å². The quantitative estimate of drug-likeness (QED) is 0.734. The molecule has 6 nitrogen and oxygen atoms in total. The lowest BCUT2D eigenvalue weighted by Gasteiger charge is -2.32. The van der Waals surface area contributed by atoms with Gasteiger partial charge in [-0.25, -0.2) is 0 Å². The monoisotopic (exact) mass is 368 g/mol. The summed E-state index contributed by atoms with van der Waals surface area (Å²) < 4.78 is 10.5. The summed E-state index contributed by atoms with van der Waals surface area (Å²) in [5.74, 6) is 0.993. The highest BCUT2D eigenvalue weighted by molar-refractivity contribution is 5.99. The van der Waals surface area contributed by atoms with Crippen molar-refractivity contribution in [2.24, 2.45) is 5.92 Å². The van der Waals surface area contributed by atoms with Crippen molar-refractivity contribution in [2.75, 3.05) is 27.3 Å². The first-order chi connectivity index (χ1) is 13.1. The molecule has 0 aliphatic carbocycles. The minimum Gasteiger partial charge on any atom is -0.493 e. The zero-order chi connectivity index (χ0) is 19.2. The standard InChI is InChI=1S/C21H24N2O4/c1-26-18-8-7-16(12-19(18)27-2)21(25)17-6-4-10-23(14-17)20(24)11-15-5-3-9-22-13-15/h3,5,7-9,12-13,17H,4,6,10-11,14H2,1-2H3/t17-/m0/s1. The number of benzene rings is 1. The lowest BCUT2D eigenvalue weighted by molar-refractivity contribution is -0.131. The van der Waals surface area contributed by atoms with Crippen LogP contribution in [0, 0.1) is 5.92 Å². The third-order valence-corrected chi connectivity index (χ3v) is 4.89. The highest BCUT2D eigenvalue weighted by atomic mass is 16.5. The maximum atomic E-state index is 12.9. The van der Waals surface area contributed by atoms with Crippen molar-refractivity contribution in [3.8, 4) is 11.5 Å². The van der Waals surface area contributed by atoms with E-state index in [2.05, 4.69) is 4.98 Å². The van der Waals surface area contributed by atoms with Gasteiger partial charge in [0.25, 0.3) is 0 Å². The smallest absolute Gasteiger partial charge is 0.227 e. The highest BCUT2D eigenvalue weighted by Crippen LogP contribution is 2.30. The average Bonchev–Trinajstić information content (AvgIpc) is 2.73. The van der Waals surface area contributed by atoms with Gasteiger partial charge >= 0.3 is 0 Å². The van der Waals surface area contributed by atoms with E-state index in [1.54, 1.807) is 49.7 Å². The molecule has 0 spiro atoms. The van der Waals surface area contributed by atoms with E-state index in [1.807, 2.05) is 12.1 Å². The maximum Gasteiger partial charge on any atom is 0.227 e. The molecule has 0 saturated carbocycles. The van der Waals surface area contributed by atoms with Crippen LogP contribution in [0.15, 0.2) is 42.7 Å². The number of piperidine rings is 1. The number of carbonyl (C=O) groups is 2. The molecule has 1 amide bonds. The molecule has 1 aromatic carbocycles. The molecule has 0 radical (unpaired) electrons. The summed E-state index contributed by atoms with van der Waals surface area (Å²) in [5.41, 5.74) is 1.47. The van der Waals surface area contributed by atoms with Gasteiger partial charge in [-0.15, -0.1) is 0 Å². The van der Waals surface area contributed by atoms with Crippen LogP contribution in [0.25, 0.3) is 0 Å². The van der Waals surface area contributed by atoms with Gasteiger partial charge < -0.3 is 14.4 Å². The minimum atomic E-state index is -0.199. The first-order valence-corrected chi connectivity index (χ1v) is 9.05. The van der Waals surface area contributed by atoms with Crippen molar-refractivity contribution in [3.05, 3.63) is 53.9 Å². The van der Waals surface area contributed by atoms with E-state index in [9.17, 15) is 9.59 Å². The Morgan fingerprint density at radius 1 is 1.19 bits per heavy atom. The Bertz CT molecular complexity index is 807. The third kappa shape index (κ3) is 4.45. The first-order valence-electron chi connectivity index (χ1n) is 9.05. The van der Waals surface area contributed by atoms with Gasteiger partial charge in [0.05, 0.1) is 20.6 Å². The lowest BCUT2D eigenvalue weighted by atomic mass is 9.89. The van der Waals surface area contributed by atoms with Crippen LogP contribution in [0.4, 0.5) is 0 Å². The van der Waals surface area contributed by atoms with Gasteiger partial charge in [-0.2, -0.15) is 0 Å². The number of hydrogen-bond donors (Lipinski definition) is 0.